The molecule has 1 rings (SSSR count). The maximum atomic E-state index is 13.7. The minimum Gasteiger partial charge on any atom is -0.314 e. The lowest BCUT2D eigenvalue weighted by atomic mass is 9.85. The Morgan fingerprint density at radius 3 is 2.53 bits per heavy atom. The summed E-state index contributed by atoms with van der Waals surface area (Å²) < 4.78 is 13.7. The second kappa shape index (κ2) is 5.83. The molecule has 17 heavy (non-hydrogen) atoms. The fraction of sp³-hybridized carbons (Fsp3) is 0.571. The molecule has 0 atom stereocenters. The van der Waals surface area contributed by atoms with E-state index in [-0.39, 0.29) is 11.2 Å². The van der Waals surface area contributed by atoms with Gasteiger partial charge in [0, 0.05) is 23.2 Å². The van der Waals surface area contributed by atoms with Crippen LogP contribution in [0.4, 0.5) is 4.39 Å². The summed E-state index contributed by atoms with van der Waals surface area (Å²) in [5, 5.41) is 3.90. The Morgan fingerprint density at radius 2 is 2.00 bits per heavy atom. The predicted octanol–water partition coefficient (Wildman–Crippen LogP) is 4.05. The van der Waals surface area contributed by atoms with Gasteiger partial charge in [0.15, 0.2) is 0 Å². The number of rotatable bonds is 5. The van der Waals surface area contributed by atoms with Gasteiger partial charge in [-0.05, 0) is 24.0 Å². The highest BCUT2D eigenvalue weighted by Gasteiger charge is 2.22. The van der Waals surface area contributed by atoms with Gasteiger partial charge in [0.1, 0.15) is 5.82 Å². The van der Waals surface area contributed by atoms with Crippen LogP contribution in [0.25, 0.3) is 0 Å². The Hall–Kier alpha value is -0.600. The minimum absolute atomic E-state index is 0.0178. The van der Waals surface area contributed by atoms with Crippen LogP contribution in [0, 0.1) is 11.2 Å². The molecule has 0 aliphatic rings. The molecule has 0 spiro atoms. The van der Waals surface area contributed by atoms with Crippen molar-refractivity contribution >= 4 is 11.6 Å². The highest BCUT2D eigenvalue weighted by atomic mass is 35.5. The molecule has 0 bridgehead atoms. The van der Waals surface area contributed by atoms with E-state index in [0.29, 0.717) is 23.0 Å². The molecule has 0 saturated heterocycles. The average Bonchev–Trinajstić information content (AvgIpc) is 2.21. The van der Waals surface area contributed by atoms with Crippen molar-refractivity contribution in [3.63, 3.8) is 0 Å². The summed E-state index contributed by atoms with van der Waals surface area (Å²) in [6, 6.07) is 5.28. The van der Waals surface area contributed by atoms with E-state index >= 15 is 0 Å². The summed E-state index contributed by atoms with van der Waals surface area (Å²) in [5.41, 5.74) is 0.598. The number of benzene rings is 1. The third-order valence-corrected chi connectivity index (χ3v) is 3.06. The van der Waals surface area contributed by atoms with Crippen LogP contribution in [0.5, 0.6) is 0 Å². The Kier molecular flexibility index (Phi) is 4.96. The first kappa shape index (κ1) is 14.5. The topological polar surface area (TPSA) is 12.0 Å². The highest BCUT2D eigenvalue weighted by molar-refractivity contribution is 6.31. The molecule has 3 heteroatoms. The molecular weight excluding hydrogens is 237 g/mol. The van der Waals surface area contributed by atoms with E-state index in [1.165, 1.54) is 6.07 Å². The lowest BCUT2D eigenvalue weighted by Gasteiger charge is -2.27. The van der Waals surface area contributed by atoms with Crippen molar-refractivity contribution in [2.75, 3.05) is 6.54 Å². The second-order valence-corrected chi connectivity index (χ2v) is 5.98. The third-order valence-electron chi connectivity index (χ3n) is 2.71. The van der Waals surface area contributed by atoms with Crippen LogP contribution < -0.4 is 5.32 Å². The zero-order valence-corrected chi connectivity index (χ0v) is 11.7. The molecule has 0 aliphatic carbocycles. The molecule has 0 saturated carbocycles. The van der Waals surface area contributed by atoms with E-state index in [2.05, 4.69) is 33.0 Å². The maximum Gasteiger partial charge on any atom is 0.127 e. The van der Waals surface area contributed by atoms with Crippen LogP contribution in [0.3, 0.4) is 0 Å². The van der Waals surface area contributed by atoms with Gasteiger partial charge in [0.25, 0.3) is 0 Å². The summed E-state index contributed by atoms with van der Waals surface area (Å²) >= 11 is 6.04. The Balaban J connectivity index is 2.75. The van der Waals surface area contributed by atoms with Gasteiger partial charge in [-0.1, -0.05) is 45.4 Å². The number of halogens is 2. The fourth-order valence-corrected chi connectivity index (χ4v) is 1.95. The van der Waals surface area contributed by atoms with Crippen LogP contribution in [0.1, 0.15) is 33.3 Å². The lowest BCUT2D eigenvalue weighted by molar-refractivity contribution is 0.321. The first-order valence-corrected chi connectivity index (χ1v) is 6.36. The van der Waals surface area contributed by atoms with Crippen molar-refractivity contribution < 1.29 is 4.39 Å². The van der Waals surface area contributed by atoms with Gasteiger partial charge < -0.3 is 5.32 Å². The molecule has 0 fully saturated rings. The van der Waals surface area contributed by atoms with Gasteiger partial charge in [-0.2, -0.15) is 0 Å². The average molecular weight is 258 g/mol. The van der Waals surface area contributed by atoms with Crippen molar-refractivity contribution in [3.8, 4) is 0 Å². The summed E-state index contributed by atoms with van der Waals surface area (Å²) in [6.45, 7) is 9.28. The minimum atomic E-state index is -0.213. The van der Waals surface area contributed by atoms with Gasteiger partial charge in [0.2, 0.25) is 0 Å². The van der Waals surface area contributed by atoms with Crippen molar-refractivity contribution in [3.05, 3.63) is 34.6 Å². The molecule has 1 aromatic rings. The van der Waals surface area contributed by atoms with E-state index in [4.69, 9.17) is 11.6 Å². The third kappa shape index (κ3) is 4.64. The highest BCUT2D eigenvalue weighted by Crippen LogP contribution is 2.28. The predicted molar refractivity (Wildman–Crippen MR) is 72.0 cm³/mol. The van der Waals surface area contributed by atoms with E-state index in [0.717, 1.165) is 6.54 Å². The van der Waals surface area contributed by atoms with Gasteiger partial charge >= 0.3 is 0 Å². The van der Waals surface area contributed by atoms with Crippen LogP contribution in [0.2, 0.25) is 5.02 Å². The molecule has 0 aromatic heterocycles. The SMILES string of the molecule is CC(C)NCC(C)(C)Cc1c(F)cccc1Cl. The molecule has 0 radical (unpaired) electrons. The standard InChI is InChI=1S/C14H21ClFN/c1-10(2)17-9-14(3,4)8-11-12(15)6-5-7-13(11)16/h5-7,10,17H,8-9H2,1-4H3. The molecule has 1 nitrogen and oxygen atoms in total. The van der Waals surface area contributed by atoms with Crippen molar-refractivity contribution in [1.29, 1.82) is 0 Å². The van der Waals surface area contributed by atoms with Gasteiger partial charge in [-0.25, -0.2) is 4.39 Å². The number of hydrogen-bond donors (Lipinski definition) is 1. The summed E-state index contributed by atoms with van der Waals surface area (Å²) in [5.74, 6) is -0.213. The summed E-state index contributed by atoms with van der Waals surface area (Å²) in [6.07, 6.45) is 0.637. The summed E-state index contributed by atoms with van der Waals surface area (Å²) in [4.78, 5) is 0. The first-order valence-electron chi connectivity index (χ1n) is 5.98. The maximum absolute atomic E-state index is 13.7. The smallest absolute Gasteiger partial charge is 0.127 e. The molecule has 0 amide bonds. The van der Waals surface area contributed by atoms with Crippen molar-refractivity contribution in [1.82, 2.24) is 5.32 Å². The zero-order chi connectivity index (χ0) is 13.1. The normalized spacial score (nSPS) is 12.2. The Labute approximate surface area is 108 Å². The molecular formula is C14H21ClFN. The molecule has 1 aromatic carbocycles. The fourth-order valence-electron chi connectivity index (χ4n) is 1.72. The zero-order valence-electron chi connectivity index (χ0n) is 11.0. The van der Waals surface area contributed by atoms with Crippen molar-refractivity contribution in [2.45, 2.75) is 40.2 Å². The quantitative estimate of drug-likeness (QED) is 0.839. The van der Waals surface area contributed by atoms with E-state index in [1.54, 1.807) is 12.1 Å². The Bertz CT molecular complexity index is 354. The molecule has 0 aliphatic heterocycles. The number of nitrogens with one attached hydrogen (secondary N) is 1. The van der Waals surface area contributed by atoms with E-state index in [9.17, 15) is 4.39 Å². The van der Waals surface area contributed by atoms with Crippen LogP contribution in [-0.4, -0.2) is 12.6 Å². The van der Waals surface area contributed by atoms with Gasteiger partial charge in [-0.3, -0.25) is 0 Å². The second-order valence-electron chi connectivity index (χ2n) is 5.58. The molecule has 1 N–H and O–H groups in total. The van der Waals surface area contributed by atoms with Gasteiger partial charge in [0.05, 0.1) is 0 Å². The van der Waals surface area contributed by atoms with Gasteiger partial charge in [-0.15, -0.1) is 0 Å². The first-order chi connectivity index (χ1) is 7.82. The van der Waals surface area contributed by atoms with Crippen LogP contribution in [-0.2, 0) is 6.42 Å². The van der Waals surface area contributed by atoms with E-state index < -0.39 is 0 Å². The Morgan fingerprint density at radius 1 is 1.35 bits per heavy atom. The molecule has 0 heterocycles. The van der Waals surface area contributed by atoms with Crippen LogP contribution >= 0.6 is 11.6 Å². The van der Waals surface area contributed by atoms with E-state index in [1.807, 2.05) is 0 Å². The number of hydrogen-bond acceptors (Lipinski definition) is 1. The van der Waals surface area contributed by atoms with Crippen LogP contribution in [0.15, 0.2) is 18.2 Å². The monoisotopic (exact) mass is 257 g/mol. The molecule has 96 valence electrons. The summed E-state index contributed by atoms with van der Waals surface area (Å²) in [7, 11) is 0. The molecule has 0 unspecified atom stereocenters. The largest absolute Gasteiger partial charge is 0.314 e. The lowest BCUT2D eigenvalue weighted by Crippen LogP contribution is -2.35. The van der Waals surface area contributed by atoms with Crippen molar-refractivity contribution in [2.24, 2.45) is 5.41 Å².